The molecule has 0 radical (unpaired) electrons. The third-order valence-corrected chi connectivity index (χ3v) is 3.43. The molecule has 0 bridgehead atoms. The van der Waals surface area contributed by atoms with E-state index in [4.69, 9.17) is 19.6 Å². The molecule has 3 N–H and O–H groups in total. The van der Waals surface area contributed by atoms with E-state index < -0.39 is 0 Å². The van der Waals surface area contributed by atoms with Crippen LogP contribution in [0.3, 0.4) is 0 Å². The Labute approximate surface area is 140 Å². The Morgan fingerprint density at radius 3 is 2.91 bits per heavy atom. The van der Waals surface area contributed by atoms with Gasteiger partial charge in [-0.3, -0.25) is 4.79 Å². The van der Waals surface area contributed by atoms with Crippen molar-refractivity contribution in [3.05, 3.63) is 47.9 Å². The maximum Gasteiger partial charge on any atom is 0.259 e. The molecule has 2 aromatic rings. The summed E-state index contributed by atoms with van der Waals surface area (Å²) in [7, 11) is 0. The van der Waals surface area contributed by atoms with Crippen LogP contribution < -0.4 is 15.8 Å². The van der Waals surface area contributed by atoms with Crippen molar-refractivity contribution in [3.63, 3.8) is 0 Å². The molecule has 7 heteroatoms. The maximum atomic E-state index is 12.2. The lowest BCUT2D eigenvalue weighted by Gasteiger charge is -2.15. The summed E-state index contributed by atoms with van der Waals surface area (Å²) in [6.07, 6.45) is 2.27. The Balaban J connectivity index is 0.00000192. The highest BCUT2D eigenvalue weighted by Gasteiger charge is 2.19. The molecule has 1 aromatic heterocycles. The van der Waals surface area contributed by atoms with Gasteiger partial charge in [0.15, 0.2) is 0 Å². The van der Waals surface area contributed by atoms with Gasteiger partial charge in [-0.2, -0.15) is 0 Å². The van der Waals surface area contributed by atoms with Crippen LogP contribution in [-0.2, 0) is 11.3 Å². The van der Waals surface area contributed by atoms with E-state index in [1.165, 1.54) is 6.26 Å². The number of benzene rings is 1. The van der Waals surface area contributed by atoms with Crippen LogP contribution in [0.5, 0.6) is 5.75 Å². The lowest BCUT2D eigenvalue weighted by molar-refractivity contribution is 0.102. The summed E-state index contributed by atoms with van der Waals surface area (Å²) in [5.41, 5.74) is 6.52. The Morgan fingerprint density at radius 2 is 2.22 bits per heavy atom. The highest BCUT2D eigenvalue weighted by molar-refractivity contribution is 6.04. The number of furan rings is 1. The van der Waals surface area contributed by atoms with E-state index >= 15 is 0 Å². The Bertz CT molecular complexity index is 653. The van der Waals surface area contributed by atoms with Crippen LogP contribution in [0.15, 0.2) is 41.0 Å². The quantitative estimate of drug-likeness (QED) is 0.875. The SMILES string of the molecule is Cl.NCc1cc(C(=O)Nc2ccccc2OC2CCOC2)co1. The third-order valence-electron chi connectivity index (χ3n) is 3.43. The molecule has 1 amide bonds. The minimum atomic E-state index is -0.262. The van der Waals surface area contributed by atoms with E-state index in [1.807, 2.05) is 18.2 Å². The molecule has 0 spiro atoms. The van der Waals surface area contributed by atoms with Crippen molar-refractivity contribution in [2.45, 2.75) is 19.1 Å². The number of carbonyl (C=O) groups is 1. The molecule has 1 atom stereocenters. The smallest absolute Gasteiger partial charge is 0.259 e. The number of hydrogen-bond donors (Lipinski definition) is 2. The van der Waals surface area contributed by atoms with Crippen LogP contribution >= 0.6 is 12.4 Å². The molecule has 1 aliphatic heterocycles. The first kappa shape index (κ1) is 17.3. The second kappa shape index (κ2) is 8.01. The highest BCUT2D eigenvalue weighted by Crippen LogP contribution is 2.27. The fourth-order valence-electron chi connectivity index (χ4n) is 2.26. The van der Waals surface area contributed by atoms with Gasteiger partial charge in [-0.15, -0.1) is 12.4 Å². The van der Waals surface area contributed by atoms with Crippen LogP contribution in [0.4, 0.5) is 5.69 Å². The molecular weight excluding hydrogens is 320 g/mol. The van der Waals surface area contributed by atoms with Gasteiger partial charge in [0.05, 0.1) is 31.0 Å². The van der Waals surface area contributed by atoms with Crippen LogP contribution in [0.2, 0.25) is 0 Å². The van der Waals surface area contributed by atoms with Crippen molar-refractivity contribution in [3.8, 4) is 5.75 Å². The minimum absolute atomic E-state index is 0. The second-order valence-electron chi connectivity index (χ2n) is 5.06. The van der Waals surface area contributed by atoms with Gasteiger partial charge in [0, 0.05) is 6.42 Å². The molecule has 0 saturated carbocycles. The zero-order valence-electron chi connectivity index (χ0n) is 12.5. The van der Waals surface area contributed by atoms with Gasteiger partial charge in [-0.05, 0) is 18.2 Å². The molecule has 1 saturated heterocycles. The maximum absolute atomic E-state index is 12.2. The average molecular weight is 339 g/mol. The van der Waals surface area contributed by atoms with Crippen molar-refractivity contribution < 1.29 is 18.7 Å². The summed E-state index contributed by atoms with van der Waals surface area (Å²) in [4.78, 5) is 12.2. The minimum Gasteiger partial charge on any atom is -0.486 e. The number of carbonyl (C=O) groups excluding carboxylic acids is 1. The molecule has 0 aliphatic carbocycles. The number of nitrogens with one attached hydrogen (secondary N) is 1. The average Bonchev–Trinajstić information content (AvgIpc) is 3.20. The lowest BCUT2D eigenvalue weighted by atomic mass is 10.2. The number of halogens is 1. The van der Waals surface area contributed by atoms with E-state index in [9.17, 15) is 4.79 Å². The Kier molecular flexibility index (Phi) is 6.04. The first-order valence-corrected chi connectivity index (χ1v) is 7.18. The Morgan fingerprint density at radius 1 is 1.39 bits per heavy atom. The Hall–Kier alpha value is -2.02. The molecule has 1 aliphatic rings. The molecule has 1 fully saturated rings. The zero-order chi connectivity index (χ0) is 15.4. The van der Waals surface area contributed by atoms with Gasteiger partial charge in [-0.25, -0.2) is 0 Å². The second-order valence-corrected chi connectivity index (χ2v) is 5.06. The lowest BCUT2D eigenvalue weighted by Crippen LogP contribution is -2.18. The zero-order valence-corrected chi connectivity index (χ0v) is 13.3. The van der Waals surface area contributed by atoms with Crippen LogP contribution in [0.1, 0.15) is 22.5 Å². The predicted molar refractivity (Wildman–Crippen MR) is 88.1 cm³/mol. The van der Waals surface area contributed by atoms with Crippen molar-refractivity contribution in [1.82, 2.24) is 0 Å². The molecule has 1 unspecified atom stereocenters. The normalized spacial score (nSPS) is 16.7. The molecule has 2 heterocycles. The van der Waals surface area contributed by atoms with Crippen molar-refractivity contribution in [1.29, 1.82) is 0 Å². The number of rotatable bonds is 5. The first-order valence-electron chi connectivity index (χ1n) is 7.18. The number of para-hydroxylation sites is 2. The standard InChI is InChI=1S/C16H18N2O4.ClH/c17-8-13-7-11(9-21-13)16(19)18-14-3-1-2-4-15(14)22-12-5-6-20-10-12;/h1-4,7,9,12H,5-6,8,10,17H2,(H,18,19);1H. The van der Waals surface area contributed by atoms with Crippen LogP contribution in [0, 0.1) is 0 Å². The summed E-state index contributed by atoms with van der Waals surface area (Å²) in [5.74, 6) is 0.939. The number of ether oxygens (including phenoxy) is 2. The molecule has 124 valence electrons. The van der Waals surface area contributed by atoms with E-state index in [2.05, 4.69) is 5.32 Å². The van der Waals surface area contributed by atoms with Crippen molar-refractivity contribution in [2.24, 2.45) is 5.73 Å². The monoisotopic (exact) mass is 338 g/mol. The highest BCUT2D eigenvalue weighted by atomic mass is 35.5. The topological polar surface area (TPSA) is 86.7 Å². The summed E-state index contributed by atoms with van der Waals surface area (Å²) in [5, 5.41) is 2.83. The number of nitrogens with two attached hydrogens (primary N) is 1. The summed E-state index contributed by atoms with van der Waals surface area (Å²) in [6.45, 7) is 1.54. The van der Waals surface area contributed by atoms with Crippen LogP contribution in [-0.4, -0.2) is 25.2 Å². The van der Waals surface area contributed by atoms with E-state index in [0.29, 0.717) is 36.0 Å². The van der Waals surface area contributed by atoms with Gasteiger partial charge in [0.25, 0.3) is 5.91 Å². The molecule has 6 nitrogen and oxygen atoms in total. The van der Waals surface area contributed by atoms with Crippen LogP contribution in [0.25, 0.3) is 0 Å². The van der Waals surface area contributed by atoms with E-state index in [-0.39, 0.29) is 31.0 Å². The molecular formula is C16H19ClN2O4. The fraction of sp³-hybridized carbons (Fsp3) is 0.312. The molecule has 23 heavy (non-hydrogen) atoms. The van der Waals surface area contributed by atoms with Gasteiger partial charge in [-0.1, -0.05) is 12.1 Å². The number of hydrogen-bond acceptors (Lipinski definition) is 5. The number of amides is 1. The van der Waals surface area contributed by atoms with Gasteiger partial charge >= 0.3 is 0 Å². The summed E-state index contributed by atoms with van der Waals surface area (Å²) in [6, 6.07) is 8.96. The summed E-state index contributed by atoms with van der Waals surface area (Å²) < 4.78 is 16.4. The molecule has 1 aromatic carbocycles. The molecule has 3 rings (SSSR count). The third kappa shape index (κ3) is 4.25. The van der Waals surface area contributed by atoms with E-state index in [0.717, 1.165) is 6.42 Å². The van der Waals surface area contributed by atoms with Crippen molar-refractivity contribution in [2.75, 3.05) is 18.5 Å². The number of anilines is 1. The fourth-order valence-corrected chi connectivity index (χ4v) is 2.26. The summed E-state index contributed by atoms with van der Waals surface area (Å²) >= 11 is 0. The first-order chi connectivity index (χ1) is 10.8. The predicted octanol–water partition coefficient (Wildman–Crippen LogP) is 2.58. The largest absolute Gasteiger partial charge is 0.486 e. The van der Waals surface area contributed by atoms with Gasteiger partial charge in [0.1, 0.15) is 23.9 Å². The van der Waals surface area contributed by atoms with E-state index in [1.54, 1.807) is 12.1 Å². The van der Waals surface area contributed by atoms with Gasteiger partial charge < -0.3 is 24.9 Å². The van der Waals surface area contributed by atoms with Gasteiger partial charge in [0.2, 0.25) is 0 Å². The van der Waals surface area contributed by atoms with Crippen molar-refractivity contribution >= 4 is 24.0 Å².